The van der Waals surface area contributed by atoms with Gasteiger partial charge in [0.1, 0.15) is 0 Å². The number of hydrogen-bond donors (Lipinski definition) is 1. The van der Waals surface area contributed by atoms with Crippen LogP contribution >= 0.6 is 0 Å². The Bertz CT molecular complexity index is 281. The molecule has 112 valence electrons. The largest absolute Gasteiger partial charge is 0.373 e. The molecule has 2 atom stereocenters. The van der Waals surface area contributed by atoms with E-state index < -0.39 is 0 Å². The lowest BCUT2D eigenvalue weighted by atomic mass is 10.1. The topological polar surface area (TPSA) is 33.7 Å². The minimum Gasteiger partial charge on any atom is -0.373 e. The highest BCUT2D eigenvalue weighted by Crippen LogP contribution is 2.23. The maximum absolute atomic E-state index is 6.14. The second-order valence-corrected chi connectivity index (χ2v) is 6.86. The zero-order valence-corrected chi connectivity index (χ0v) is 12.9. The molecule has 2 aliphatic rings. The number of morpholine rings is 1. The Morgan fingerprint density at radius 2 is 2.00 bits per heavy atom. The molecule has 4 nitrogen and oxygen atoms in total. The van der Waals surface area contributed by atoms with Crippen molar-refractivity contribution in [2.24, 2.45) is 0 Å². The number of ether oxygens (including phenoxy) is 2. The molecule has 19 heavy (non-hydrogen) atoms. The second-order valence-electron chi connectivity index (χ2n) is 6.86. The quantitative estimate of drug-likeness (QED) is 0.823. The van der Waals surface area contributed by atoms with E-state index in [9.17, 15) is 0 Å². The van der Waals surface area contributed by atoms with E-state index in [2.05, 4.69) is 37.9 Å². The molecular weight excluding hydrogens is 240 g/mol. The maximum Gasteiger partial charge on any atom is 0.0753 e. The monoisotopic (exact) mass is 270 g/mol. The zero-order chi connectivity index (χ0) is 13.9. The van der Waals surface area contributed by atoms with Gasteiger partial charge in [0.15, 0.2) is 0 Å². The van der Waals surface area contributed by atoms with Crippen LogP contribution < -0.4 is 5.32 Å². The van der Waals surface area contributed by atoms with E-state index in [1.807, 2.05) is 0 Å². The molecule has 0 saturated carbocycles. The fourth-order valence-electron chi connectivity index (χ4n) is 2.99. The van der Waals surface area contributed by atoms with Gasteiger partial charge in [-0.3, -0.25) is 4.90 Å². The van der Waals surface area contributed by atoms with Crippen molar-refractivity contribution in [2.75, 3.05) is 32.8 Å². The first-order chi connectivity index (χ1) is 8.94. The molecule has 2 saturated heterocycles. The molecular formula is C15H30N2O2. The van der Waals surface area contributed by atoms with Crippen molar-refractivity contribution in [3.8, 4) is 0 Å². The highest BCUT2D eigenvalue weighted by atomic mass is 16.5. The summed E-state index contributed by atoms with van der Waals surface area (Å²) in [6.45, 7) is 13.7. The Morgan fingerprint density at radius 3 is 2.68 bits per heavy atom. The summed E-state index contributed by atoms with van der Waals surface area (Å²) in [5, 5.41) is 3.47. The Morgan fingerprint density at radius 1 is 1.26 bits per heavy atom. The van der Waals surface area contributed by atoms with Crippen LogP contribution in [0.1, 0.15) is 40.5 Å². The third kappa shape index (κ3) is 5.03. The highest BCUT2D eigenvalue weighted by molar-refractivity contribution is 4.83. The Balaban J connectivity index is 1.70. The van der Waals surface area contributed by atoms with Crippen LogP contribution in [0, 0.1) is 0 Å². The predicted octanol–water partition coefficient (Wildman–Crippen LogP) is 1.64. The van der Waals surface area contributed by atoms with E-state index in [1.54, 1.807) is 0 Å². The van der Waals surface area contributed by atoms with E-state index in [-0.39, 0.29) is 5.60 Å². The van der Waals surface area contributed by atoms with Gasteiger partial charge in [0.25, 0.3) is 0 Å². The number of nitrogens with one attached hydrogen (secondary N) is 1. The van der Waals surface area contributed by atoms with Crippen LogP contribution in [0.5, 0.6) is 0 Å². The number of nitrogens with zero attached hydrogens (tertiary/aromatic N) is 1. The van der Waals surface area contributed by atoms with Gasteiger partial charge in [-0.1, -0.05) is 13.8 Å². The average Bonchev–Trinajstić information content (AvgIpc) is 2.73. The van der Waals surface area contributed by atoms with Crippen molar-refractivity contribution in [3.05, 3.63) is 0 Å². The molecule has 2 unspecified atom stereocenters. The van der Waals surface area contributed by atoms with Crippen molar-refractivity contribution in [2.45, 2.75) is 64.4 Å². The van der Waals surface area contributed by atoms with Gasteiger partial charge in [0, 0.05) is 32.2 Å². The van der Waals surface area contributed by atoms with Gasteiger partial charge in [-0.05, 0) is 26.7 Å². The normalized spacial score (nSPS) is 32.1. The summed E-state index contributed by atoms with van der Waals surface area (Å²) in [6, 6.07) is 0.544. The van der Waals surface area contributed by atoms with Crippen LogP contribution in [-0.4, -0.2) is 61.5 Å². The van der Waals surface area contributed by atoms with Crippen molar-refractivity contribution >= 4 is 0 Å². The molecule has 1 N–H and O–H groups in total. The molecule has 2 heterocycles. The Kier molecular flexibility index (Phi) is 5.23. The summed E-state index contributed by atoms with van der Waals surface area (Å²) in [7, 11) is 0. The molecule has 0 aromatic rings. The maximum atomic E-state index is 6.14. The lowest BCUT2D eigenvalue weighted by molar-refractivity contribution is -0.0965. The van der Waals surface area contributed by atoms with Crippen LogP contribution in [-0.2, 0) is 9.47 Å². The minimum atomic E-state index is -0.00451. The summed E-state index contributed by atoms with van der Waals surface area (Å²) in [5.74, 6) is 0. The van der Waals surface area contributed by atoms with Crippen molar-refractivity contribution in [3.63, 3.8) is 0 Å². The molecule has 0 spiro atoms. The molecule has 0 aromatic heterocycles. The summed E-state index contributed by atoms with van der Waals surface area (Å²) in [4.78, 5) is 2.49. The summed E-state index contributed by atoms with van der Waals surface area (Å²) in [5.41, 5.74) is -0.00451. The molecule has 2 fully saturated rings. The van der Waals surface area contributed by atoms with Crippen LogP contribution in [0.2, 0.25) is 0 Å². The standard InChI is InChI=1S/C15H30N2O2/c1-12(2)16-9-13-5-6-14(19-13)10-17-7-8-18-15(3,4)11-17/h12-14,16H,5-11H2,1-4H3. The van der Waals surface area contributed by atoms with Gasteiger partial charge in [0.05, 0.1) is 24.4 Å². The van der Waals surface area contributed by atoms with E-state index in [0.717, 1.165) is 32.8 Å². The minimum absolute atomic E-state index is 0.00451. The van der Waals surface area contributed by atoms with Crippen molar-refractivity contribution in [1.82, 2.24) is 10.2 Å². The summed E-state index contributed by atoms with van der Waals surface area (Å²) >= 11 is 0. The zero-order valence-electron chi connectivity index (χ0n) is 12.9. The first-order valence-corrected chi connectivity index (χ1v) is 7.70. The van der Waals surface area contributed by atoms with E-state index in [1.165, 1.54) is 12.8 Å². The Labute approximate surface area is 117 Å². The van der Waals surface area contributed by atoms with Crippen LogP contribution in [0.3, 0.4) is 0 Å². The lowest BCUT2D eigenvalue weighted by Crippen LogP contribution is -2.50. The van der Waals surface area contributed by atoms with Gasteiger partial charge in [-0.15, -0.1) is 0 Å². The van der Waals surface area contributed by atoms with Gasteiger partial charge < -0.3 is 14.8 Å². The molecule has 2 rings (SSSR count). The fraction of sp³-hybridized carbons (Fsp3) is 1.00. The first kappa shape index (κ1) is 15.2. The first-order valence-electron chi connectivity index (χ1n) is 7.70. The van der Waals surface area contributed by atoms with Crippen molar-refractivity contribution in [1.29, 1.82) is 0 Å². The van der Waals surface area contributed by atoms with Gasteiger partial charge >= 0.3 is 0 Å². The van der Waals surface area contributed by atoms with E-state index >= 15 is 0 Å². The predicted molar refractivity (Wildman–Crippen MR) is 77.5 cm³/mol. The third-order valence-corrected chi connectivity index (χ3v) is 3.92. The molecule has 0 radical (unpaired) electrons. The summed E-state index contributed by atoms with van der Waals surface area (Å²) in [6.07, 6.45) is 3.20. The molecule has 0 bridgehead atoms. The van der Waals surface area contributed by atoms with Crippen molar-refractivity contribution < 1.29 is 9.47 Å². The fourth-order valence-corrected chi connectivity index (χ4v) is 2.99. The molecule has 0 aliphatic carbocycles. The van der Waals surface area contributed by atoms with Crippen LogP contribution in [0.4, 0.5) is 0 Å². The molecule has 0 amide bonds. The summed E-state index contributed by atoms with van der Waals surface area (Å²) < 4.78 is 11.9. The average molecular weight is 270 g/mol. The van der Waals surface area contributed by atoms with Gasteiger partial charge in [-0.25, -0.2) is 0 Å². The van der Waals surface area contributed by atoms with E-state index in [4.69, 9.17) is 9.47 Å². The SMILES string of the molecule is CC(C)NCC1CCC(CN2CCOC(C)(C)C2)O1. The number of hydrogen-bond acceptors (Lipinski definition) is 4. The molecule has 2 aliphatic heterocycles. The molecule has 0 aromatic carbocycles. The van der Waals surface area contributed by atoms with Gasteiger partial charge in [-0.2, -0.15) is 0 Å². The van der Waals surface area contributed by atoms with E-state index in [0.29, 0.717) is 18.2 Å². The lowest BCUT2D eigenvalue weighted by Gasteiger charge is -2.39. The Hall–Kier alpha value is -0.160. The highest BCUT2D eigenvalue weighted by Gasteiger charge is 2.31. The van der Waals surface area contributed by atoms with Crippen LogP contribution in [0.25, 0.3) is 0 Å². The number of rotatable bonds is 5. The third-order valence-electron chi connectivity index (χ3n) is 3.92. The van der Waals surface area contributed by atoms with Crippen LogP contribution in [0.15, 0.2) is 0 Å². The molecule has 4 heteroatoms. The smallest absolute Gasteiger partial charge is 0.0753 e. The van der Waals surface area contributed by atoms with Gasteiger partial charge in [0.2, 0.25) is 0 Å². The second kappa shape index (κ2) is 6.53.